The number of aromatic nitrogens is 1. The van der Waals surface area contributed by atoms with Crippen LogP contribution in [0.4, 0.5) is 5.82 Å². The number of rotatable bonds is 1. The van der Waals surface area contributed by atoms with Crippen LogP contribution < -0.4 is 5.73 Å². The molecule has 0 radical (unpaired) electrons. The standard InChI is InChI=1S/C9H12N2O/c10-9-5-1-3-7(11-9)8-4-2-6-12-8/h1,3,5,8H,2,4,6H2,(H2,10,11). The summed E-state index contributed by atoms with van der Waals surface area (Å²) in [6.07, 6.45) is 2.37. The van der Waals surface area contributed by atoms with Gasteiger partial charge >= 0.3 is 0 Å². The average molecular weight is 164 g/mol. The summed E-state index contributed by atoms with van der Waals surface area (Å²) in [5.74, 6) is 0.572. The van der Waals surface area contributed by atoms with Gasteiger partial charge in [-0.1, -0.05) is 6.07 Å². The summed E-state index contributed by atoms with van der Waals surface area (Å²) in [5, 5.41) is 0. The zero-order valence-electron chi connectivity index (χ0n) is 6.86. The fraction of sp³-hybridized carbons (Fsp3) is 0.444. The Morgan fingerprint density at radius 2 is 2.42 bits per heavy atom. The van der Waals surface area contributed by atoms with E-state index in [9.17, 15) is 0 Å². The highest BCUT2D eigenvalue weighted by atomic mass is 16.5. The molecule has 2 rings (SSSR count). The molecule has 0 bridgehead atoms. The maximum atomic E-state index is 5.56. The summed E-state index contributed by atoms with van der Waals surface area (Å²) < 4.78 is 5.48. The van der Waals surface area contributed by atoms with E-state index < -0.39 is 0 Å². The lowest BCUT2D eigenvalue weighted by Crippen LogP contribution is -2.01. The van der Waals surface area contributed by atoms with Gasteiger partial charge < -0.3 is 10.5 Å². The molecule has 1 atom stereocenters. The lowest BCUT2D eigenvalue weighted by Gasteiger charge is -2.08. The van der Waals surface area contributed by atoms with E-state index in [2.05, 4.69) is 4.98 Å². The molecule has 2 heterocycles. The molecule has 1 aliphatic rings. The van der Waals surface area contributed by atoms with Crippen LogP contribution in [0.15, 0.2) is 18.2 Å². The molecule has 2 N–H and O–H groups in total. The van der Waals surface area contributed by atoms with Crippen molar-refractivity contribution in [3.8, 4) is 0 Å². The minimum Gasteiger partial charge on any atom is -0.384 e. The molecule has 12 heavy (non-hydrogen) atoms. The predicted molar refractivity (Wildman–Crippen MR) is 46.6 cm³/mol. The number of ether oxygens (including phenoxy) is 1. The highest BCUT2D eigenvalue weighted by molar-refractivity contribution is 5.29. The Bertz CT molecular complexity index is 269. The molecule has 1 unspecified atom stereocenters. The Labute approximate surface area is 71.6 Å². The van der Waals surface area contributed by atoms with Gasteiger partial charge in [0.05, 0.1) is 11.8 Å². The largest absolute Gasteiger partial charge is 0.384 e. The van der Waals surface area contributed by atoms with E-state index in [4.69, 9.17) is 10.5 Å². The minimum absolute atomic E-state index is 0.175. The lowest BCUT2D eigenvalue weighted by atomic mass is 10.1. The molecule has 0 aromatic carbocycles. The monoisotopic (exact) mass is 164 g/mol. The number of pyridine rings is 1. The first-order chi connectivity index (χ1) is 5.86. The van der Waals surface area contributed by atoms with E-state index in [1.165, 1.54) is 0 Å². The first-order valence-electron chi connectivity index (χ1n) is 4.20. The Kier molecular flexibility index (Phi) is 1.96. The van der Waals surface area contributed by atoms with Crippen molar-refractivity contribution >= 4 is 5.82 Å². The molecule has 3 heteroatoms. The van der Waals surface area contributed by atoms with Crippen molar-refractivity contribution in [3.63, 3.8) is 0 Å². The van der Waals surface area contributed by atoms with Gasteiger partial charge in [0.2, 0.25) is 0 Å². The first kappa shape index (κ1) is 7.55. The van der Waals surface area contributed by atoms with Gasteiger partial charge in [-0.05, 0) is 25.0 Å². The smallest absolute Gasteiger partial charge is 0.123 e. The number of nitrogen functional groups attached to an aromatic ring is 1. The number of hydrogen-bond acceptors (Lipinski definition) is 3. The van der Waals surface area contributed by atoms with E-state index in [0.717, 1.165) is 25.1 Å². The van der Waals surface area contributed by atoms with Gasteiger partial charge in [0.15, 0.2) is 0 Å². The Hall–Kier alpha value is -1.09. The van der Waals surface area contributed by atoms with Crippen LogP contribution in [-0.2, 0) is 4.74 Å². The van der Waals surface area contributed by atoms with Crippen LogP contribution in [0.2, 0.25) is 0 Å². The molecule has 1 aliphatic heterocycles. The van der Waals surface area contributed by atoms with E-state index in [0.29, 0.717) is 5.82 Å². The second kappa shape index (κ2) is 3.11. The number of anilines is 1. The van der Waals surface area contributed by atoms with E-state index >= 15 is 0 Å². The molecule has 1 fully saturated rings. The maximum absolute atomic E-state index is 5.56. The Morgan fingerprint density at radius 1 is 1.50 bits per heavy atom. The van der Waals surface area contributed by atoms with Crippen molar-refractivity contribution < 1.29 is 4.74 Å². The molecule has 3 nitrogen and oxygen atoms in total. The van der Waals surface area contributed by atoms with Crippen LogP contribution in [0.3, 0.4) is 0 Å². The highest BCUT2D eigenvalue weighted by Gasteiger charge is 2.18. The zero-order valence-corrected chi connectivity index (χ0v) is 6.86. The molecule has 1 saturated heterocycles. The van der Waals surface area contributed by atoms with Crippen LogP contribution in [0.1, 0.15) is 24.6 Å². The van der Waals surface area contributed by atoms with Crippen molar-refractivity contribution in [1.82, 2.24) is 4.98 Å². The quantitative estimate of drug-likeness (QED) is 0.684. The lowest BCUT2D eigenvalue weighted by molar-refractivity contribution is 0.109. The van der Waals surface area contributed by atoms with E-state index in [1.807, 2.05) is 12.1 Å². The Balaban J connectivity index is 2.21. The van der Waals surface area contributed by atoms with Gasteiger partial charge in [0, 0.05) is 6.61 Å². The molecule has 1 aromatic rings. The van der Waals surface area contributed by atoms with Crippen molar-refractivity contribution in [2.75, 3.05) is 12.3 Å². The molecular weight excluding hydrogens is 152 g/mol. The number of hydrogen-bond donors (Lipinski definition) is 1. The third-order valence-corrected chi connectivity index (χ3v) is 2.05. The summed E-state index contributed by atoms with van der Waals surface area (Å²) in [5.41, 5.74) is 6.52. The topological polar surface area (TPSA) is 48.1 Å². The van der Waals surface area contributed by atoms with Gasteiger partial charge in [-0.3, -0.25) is 0 Å². The van der Waals surface area contributed by atoms with Crippen molar-refractivity contribution in [1.29, 1.82) is 0 Å². The average Bonchev–Trinajstić information content (AvgIpc) is 2.56. The van der Waals surface area contributed by atoms with Gasteiger partial charge in [0.25, 0.3) is 0 Å². The summed E-state index contributed by atoms with van der Waals surface area (Å²) in [6.45, 7) is 0.848. The molecule has 0 amide bonds. The predicted octanol–water partition coefficient (Wildman–Crippen LogP) is 1.52. The molecule has 0 aliphatic carbocycles. The maximum Gasteiger partial charge on any atom is 0.123 e. The fourth-order valence-electron chi connectivity index (χ4n) is 1.46. The number of nitrogens with two attached hydrogens (primary N) is 1. The van der Waals surface area contributed by atoms with E-state index in [-0.39, 0.29) is 6.10 Å². The molecule has 0 spiro atoms. The van der Waals surface area contributed by atoms with Crippen LogP contribution in [0.25, 0.3) is 0 Å². The zero-order chi connectivity index (χ0) is 8.39. The van der Waals surface area contributed by atoms with Gasteiger partial charge in [-0.2, -0.15) is 0 Å². The number of nitrogens with zero attached hydrogens (tertiary/aromatic N) is 1. The second-order valence-corrected chi connectivity index (χ2v) is 2.99. The van der Waals surface area contributed by atoms with Crippen LogP contribution in [-0.4, -0.2) is 11.6 Å². The fourth-order valence-corrected chi connectivity index (χ4v) is 1.46. The highest BCUT2D eigenvalue weighted by Crippen LogP contribution is 2.26. The molecular formula is C9H12N2O. The molecule has 64 valence electrons. The molecule has 1 aromatic heterocycles. The van der Waals surface area contributed by atoms with Crippen molar-refractivity contribution in [2.24, 2.45) is 0 Å². The third kappa shape index (κ3) is 1.41. The van der Waals surface area contributed by atoms with E-state index in [1.54, 1.807) is 6.07 Å². The summed E-state index contributed by atoms with van der Waals surface area (Å²) in [4.78, 5) is 4.21. The van der Waals surface area contributed by atoms with Crippen molar-refractivity contribution in [2.45, 2.75) is 18.9 Å². The minimum atomic E-state index is 0.175. The van der Waals surface area contributed by atoms with Crippen LogP contribution in [0, 0.1) is 0 Å². The second-order valence-electron chi connectivity index (χ2n) is 2.99. The summed E-state index contributed by atoms with van der Waals surface area (Å²) >= 11 is 0. The third-order valence-electron chi connectivity index (χ3n) is 2.05. The van der Waals surface area contributed by atoms with Crippen LogP contribution >= 0.6 is 0 Å². The van der Waals surface area contributed by atoms with Crippen molar-refractivity contribution in [3.05, 3.63) is 23.9 Å². The van der Waals surface area contributed by atoms with Gasteiger partial charge in [-0.25, -0.2) is 4.98 Å². The SMILES string of the molecule is Nc1cccc(C2CCCO2)n1. The first-order valence-corrected chi connectivity index (χ1v) is 4.20. The summed E-state index contributed by atoms with van der Waals surface area (Å²) in [6, 6.07) is 5.67. The summed E-state index contributed by atoms with van der Waals surface area (Å²) in [7, 11) is 0. The van der Waals surface area contributed by atoms with Gasteiger partial charge in [0.1, 0.15) is 5.82 Å². The van der Waals surface area contributed by atoms with Crippen LogP contribution in [0.5, 0.6) is 0 Å². The normalized spacial score (nSPS) is 22.8. The van der Waals surface area contributed by atoms with Gasteiger partial charge in [-0.15, -0.1) is 0 Å². The Morgan fingerprint density at radius 3 is 3.08 bits per heavy atom. The molecule has 0 saturated carbocycles.